The Hall–Kier alpha value is -1.75. The number of benzene rings is 1. The Balaban J connectivity index is 2.08. The second-order valence-corrected chi connectivity index (χ2v) is 4.05. The third-order valence-corrected chi connectivity index (χ3v) is 2.96. The number of methoxy groups -OCH3 is 1. The first-order chi connectivity index (χ1) is 8.20. The number of primary amides is 1. The molecule has 2 rings (SSSR count). The van der Waals surface area contributed by atoms with Crippen LogP contribution < -0.4 is 20.7 Å². The molecule has 0 radical (unpaired) electrons. The number of hydrogen-bond donors (Lipinski definition) is 2. The lowest BCUT2D eigenvalue weighted by molar-refractivity contribution is -0.120. The van der Waals surface area contributed by atoms with Crippen molar-refractivity contribution in [2.45, 2.75) is 6.04 Å². The maximum absolute atomic E-state index is 11.1. The summed E-state index contributed by atoms with van der Waals surface area (Å²) in [7, 11) is 1.64. The number of ether oxygens (including phenoxy) is 1. The molecule has 0 aliphatic carbocycles. The summed E-state index contributed by atoms with van der Waals surface area (Å²) in [5, 5.41) is 3.10. The fourth-order valence-corrected chi connectivity index (χ4v) is 1.97. The highest BCUT2D eigenvalue weighted by Crippen LogP contribution is 2.20. The van der Waals surface area contributed by atoms with Crippen molar-refractivity contribution in [1.82, 2.24) is 5.32 Å². The van der Waals surface area contributed by atoms with Crippen molar-refractivity contribution in [2.24, 2.45) is 5.73 Å². The summed E-state index contributed by atoms with van der Waals surface area (Å²) >= 11 is 0. The van der Waals surface area contributed by atoms with E-state index >= 15 is 0 Å². The van der Waals surface area contributed by atoms with Crippen LogP contribution in [0.2, 0.25) is 0 Å². The summed E-state index contributed by atoms with van der Waals surface area (Å²) in [6.07, 6.45) is 0. The summed E-state index contributed by atoms with van der Waals surface area (Å²) in [5.74, 6) is 0.526. The van der Waals surface area contributed by atoms with Crippen LogP contribution in [0.5, 0.6) is 5.75 Å². The summed E-state index contributed by atoms with van der Waals surface area (Å²) in [6, 6.07) is 7.53. The molecule has 1 aromatic carbocycles. The van der Waals surface area contributed by atoms with Crippen LogP contribution in [-0.4, -0.2) is 38.7 Å². The van der Waals surface area contributed by atoms with Crippen LogP contribution >= 0.6 is 0 Å². The number of hydrogen-bond acceptors (Lipinski definition) is 4. The van der Waals surface area contributed by atoms with Crippen molar-refractivity contribution in [3.63, 3.8) is 0 Å². The van der Waals surface area contributed by atoms with Crippen LogP contribution in [-0.2, 0) is 4.79 Å². The summed E-state index contributed by atoms with van der Waals surface area (Å²) < 4.78 is 5.11. The number of nitrogens with two attached hydrogens (primary N) is 1. The number of carbonyl (C=O) groups excluding carboxylic acids is 1. The number of anilines is 1. The predicted molar refractivity (Wildman–Crippen MR) is 66.2 cm³/mol. The Morgan fingerprint density at radius 2 is 2.18 bits per heavy atom. The average molecular weight is 235 g/mol. The van der Waals surface area contributed by atoms with Gasteiger partial charge in [0.2, 0.25) is 5.91 Å². The number of piperazine rings is 1. The Morgan fingerprint density at radius 1 is 1.47 bits per heavy atom. The Labute approximate surface area is 101 Å². The molecular weight excluding hydrogens is 218 g/mol. The van der Waals surface area contributed by atoms with E-state index < -0.39 is 0 Å². The number of rotatable bonds is 3. The van der Waals surface area contributed by atoms with Gasteiger partial charge in [0, 0.05) is 25.3 Å². The van der Waals surface area contributed by atoms with Gasteiger partial charge in [-0.1, -0.05) is 0 Å². The molecule has 5 heteroatoms. The van der Waals surface area contributed by atoms with E-state index in [4.69, 9.17) is 10.5 Å². The van der Waals surface area contributed by atoms with E-state index in [1.807, 2.05) is 24.3 Å². The van der Waals surface area contributed by atoms with Crippen molar-refractivity contribution in [3.05, 3.63) is 24.3 Å². The van der Waals surface area contributed by atoms with E-state index in [-0.39, 0.29) is 11.9 Å². The Morgan fingerprint density at radius 3 is 2.76 bits per heavy atom. The second-order valence-electron chi connectivity index (χ2n) is 4.05. The minimum Gasteiger partial charge on any atom is -0.497 e. The lowest BCUT2D eigenvalue weighted by Gasteiger charge is -2.33. The number of amides is 1. The molecule has 17 heavy (non-hydrogen) atoms. The van der Waals surface area contributed by atoms with Gasteiger partial charge in [0.25, 0.3) is 0 Å². The molecule has 1 atom stereocenters. The van der Waals surface area contributed by atoms with Crippen LogP contribution in [0.4, 0.5) is 5.69 Å². The summed E-state index contributed by atoms with van der Waals surface area (Å²) in [4.78, 5) is 13.3. The average Bonchev–Trinajstić information content (AvgIpc) is 2.39. The molecule has 1 aliphatic heterocycles. The Kier molecular flexibility index (Phi) is 3.49. The van der Waals surface area contributed by atoms with E-state index in [0.717, 1.165) is 24.5 Å². The van der Waals surface area contributed by atoms with Gasteiger partial charge in [0.15, 0.2) is 0 Å². The molecule has 3 N–H and O–H groups in total. The third-order valence-electron chi connectivity index (χ3n) is 2.96. The van der Waals surface area contributed by atoms with Crippen LogP contribution in [0.15, 0.2) is 24.3 Å². The highest BCUT2D eigenvalue weighted by molar-refractivity contribution is 5.81. The standard InChI is InChI=1S/C12H17N3O2/c1-17-10-4-2-9(3-5-10)15-7-6-14-11(8-15)12(13)16/h2-5,11,14H,6-8H2,1H3,(H2,13,16). The fourth-order valence-electron chi connectivity index (χ4n) is 1.97. The first-order valence-corrected chi connectivity index (χ1v) is 5.62. The highest BCUT2D eigenvalue weighted by Gasteiger charge is 2.23. The molecule has 92 valence electrons. The molecule has 5 nitrogen and oxygen atoms in total. The topological polar surface area (TPSA) is 67.6 Å². The molecule has 0 spiro atoms. The van der Waals surface area contributed by atoms with E-state index in [1.165, 1.54) is 0 Å². The lowest BCUT2D eigenvalue weighted by atomic mass is 10.1. The SMILES string of the molecule is COc1ccc(N2CCNC(C(N)=O)C2)cc1. The maximum atomic E-state index is 11.1. The zero-order chi connectivity index (χ0) is 12.3. The van der Waals surface area contributed by atoms with Crippen LogP contribution in [0.1, 0.15) is 0 Å². The van der Waals surface area contributed by atoms with Gasteiger partial charge in [-0.25, -0.2) is 0 Å². The molecule has 1 aliphatic rings. The monoisotopic (exact) mass is 235 g/mol. The van der Waals surface area contributed by atoms with Crippen molar-refractivity contribution < 1.29 is 9.53 Å². The largest absolute Gasteiger partial charge is 0.497 e. The van der Waals surface area contributed by atoms with Crippen molar-refractivity contribution in [3.8, 4) is 5.75 Å². The van der Waals surface area contributed by atoms with E-state index in [0.29, 0.717) is 6.54 Å². The lowest BCUT2D eigenvalue weighted by Crippen LogP contribution is -2.56. The predicted octanol–water partition coefficient (Wildman–Crippen LogP) is -0.0413. The molecule has 1 unspecified atom stereocenters. The van der Waals surface area contributed by atoms with Crippen molar-refractivity contribution >= 4 is 11.6 Å². The van der Waals surface area contributed by atoms with E-state index in [2.05, 4.69) is 10.2 Å². The molecule has 1 fully saturated rings. The third kappa shape index (κ3) is 2.68. The minimum atomic E-state index is -0.303. The number of nitrogens with zero attached hydrogens (tertiary/aromatic N) is 1. The first kappa shape index (κ1) is 11.7. The molecule has 1 saturated heterocycles. The van der Waals surface area contributed by atoms with Gasteiger partial charge in [-0.3, -0.25) is 4.79 Å². The molecular formula is C12H17N3O2. The zero-order valence-electron chi connectivity index (χ0n) is 9.85. The van der Waals surface area contributed by atoms with Gasteiger partial charge < -0.3 is 20.7 Å². The van der Waals surface area contributed by atoms with Gasteiger partial charge >= 0.3 is 0 Å². The first-order valence-electron chi connectivity index (χ1n) is 5.62. The molecule has 0 aromatic heterocycles. The van der Waals surface area contributed by atoms with Gasteiger partial charge in [-0.2, -0.15) is 0 Å². The Bertz CT molecular complexity index is 391. The minimum absolute atomic E-state index is 0.272. The number of nitrogens with one attached hydrogen (secondary N) is 1. The smallest absolute Gasteiger partial charge is 0.236 e. The summed E-state index contributed by atoms with van der Waals surface area (Å²) in [6.45, 7) is 2.25. The van der Waals surface area contributed by atoms with Crippen LogP contribution in [0.25, 0.3) is 0 Å². The highest BCUT2D eigenvalue weighted by atomic mass is 16.5. The molecule has 0 saturated carbocycles. The van der Waals surface area contributed by atoms with Gasteiger partial charge in [-0.05, 0) is 24.3 Å². The van der Waals surface area contributed by atoms with Crippen molar-refractivity contribution in [2.75, 3.05) is 31.6 Å². The molecule has 0 bridgehead atoms. The maximum Gasteiger partial charge on any atom is 0.236 e. The zero-order valence-corrected chi connectivity index (χ0v) is 9.85. The summed E-state index contributed by atoms with van der Waals surface area (Å²) in [5.41, 5.74) is 6.39. The van der Waals surface area contributed by atoms with E-state index in [9.17, 15) is 4.79 Å². The van der Waals surface area contributed by atoms with Crippen LogP contribution in [0.3, 0.4) is 0 Å². The normalized spacial score (nSPS) is 20.1. The van der Waals surface area contributed by atoms with Crippen LogP contribution in [0, 0.1) is 0 Å². The molecule has 1 heterocycles. The second kappa shape index (κ2) is 5.05. The quantitative estimate of drug-likeness (QED) is 0.771. The van der Waals surface area contributed by atoms with Gasteiger partial charge in [0.1, 0.15) is 11.8 Å². The number of carbonyl (C=O) groups is 1. The fraction of sp³-hybridized carbons (Fsp3) is 0.417. The van der Waals surface area contributed by atoms with Crippen molar-refractivity contribution in [1.29, 1.82) is 0 Å². The van der Waals surface area contributed by atoms with Gasteiger partial charge in [0.05, 0.1) is 7.11 Å². The van der Waals surface area contributed by atoms with E-state index in [1.54, 1.807) is 7.11 Å². The molecule has 1 amide bonds. The van der Waals surface area contributed by atoms with Gasteiger partial charge in [-0.15, -0.1) is 0 Å². The molecule has 1 aromatic rings.